The molecule has 2 fully saturated rings. The van der Waals surface area contributed by atoms with Crippen LogP contribution in [0.2, 0.25) is 0 Å². The van der Waals surface area contributed by atoms with Crippen molar-refractivity contribution in [1.29, 1.82) is 0 Å². The van der Waals surface area contributed by atoms with Crippen molar-refractivity contribution >= 4 is 29.5 Å². The van der Waals surface area contributed by atoms with E-state index in [0.29, 0.717) is 25.4 Å². The smallest absolute Gasteiger partial charge is 0.262 e. The Balaban J connectivity index is 1.45. The van der Waals surface area contributed by atoms with Gasteiger partial charge in [0.2, 0.25) is 17.7 Å². The highest BCUT2D eigenvalue weighted by molar-refractivity contribution is 6.23. The highest BCUT2D eigenvalue weighted by atomic mass is 16.5. The third-order valence-electron chi connectivity index (χ3n) is 5.30. The number of carbonyl (C=O) groups is 5. The normalized spacial score (nSPS) is 22.1. The lowest BCUT2D eigenvalue weighted by Crippen LogP contribution is -2.54. The molecule has 1 atom stereocenters. The molecule has 3 heterocycles. The van der Waals surface area contributed by atoms with E-state index in [1.165, 1.54) is 19.1 Å². The van der Waals surface area contributed by atoms with E-state index in [4.69, 9.17) is 4.74 Å². The summed E-state index contributed by atoms with van der Waals surface area (Å²) in [5, 5.41) is 2.17. The Morgan fingerprint density at radius 1 is 1.14 bits per heavy atom. The van der Waals surface area contributed by atoms with Gasteiger partial charge < -0.3 is 9.64 Å². The van der Waals surface area contributed by atoms with Crippen LogP contribution in [0.5, 0.6) is 5.75 Å². The molecular formula is C19H19N3O6. The summed E-state index contributed by atoms with van der Waals surface area (Å²) >= 11 is 0. The minimum Gasteiger partial charge on any atom is -0.493 e. The summed E-state index contributed by atoms with van der Waals surface area (Å²) in [5.74, 6) is -1.44. The largest absolute Gasteiger partial charge is 0.493 e. The number of nitrogens with zero attached hydrogens (tertiary/aromatic N) is 2. The molecule has 1 unspecified atom stereocenters. The van der Waals surface area contributed by atoms with Crippen molar-refractivity contribution in [2.45, 2.75) is 25.8 Å². The minimum atomic E-state index is -0.984. The molecule has 1 aromatic carbocycles. The first-order valence-electron chi connectivity index (χ1n) is 9.09. The Morgan fingerprint density at radius 2 is 1.86 bits per heavy atom. The second-order valence-corrected chi connectivity index (χ2v) is 7.26. The number of benzene rings is 1. The van der Waals surface area contributed by atoms with Crippen LogP contribution in [-0.4, -0.2) is 65.1 Å². The Kier molecular flexibility index (Phi) is 4.37. The number of nitrogens with one attached hydrogen (secondary N) is 1. The van der Waals surface area contributed by atoms with Crippen LogP contribution >= 0.6 is 0 Å². The molecule has 146 valence electrons. The van der Waals surface area contributed by atoms with E-state index in [0.717, 1.165) is 4.90 Å². The second kappa shape index (κ2) is 6.74. The predicted octanol–water partition coefficient (Wildman–Crippen LogP) is -0.0551. The van der Waals surface area contributed by atoms with Crippen LogP contribution in [0, 0.1) is 5.92 Å². The molecule has 2 saturated heterocycles. The Morgan fingerprint density at radius 3 is 2.54 bits per heavy atom. The van der Waals surface area contributed by atoms with Crippen molar-refractivity contribution in [2.24, 2.45) is 5.92 Å². The molecule has 0 saturated carbocycles. The molecule has 9 nitrogen and oxygen atoms in total. The van der Waals surface area contributed by atoms with Gasteiger partial charge in [-0.15, -0.1) is 0 Å². The number of carbonyl (C=O) groups excluding carboxylic acids is 5. The van der Waals surface area contributed by atoms with Gasteiger partial charge in [-0.05, 0) is 24.6 Å². The average molecular weight is 385 g/mol. The number of hydrogen-bond acceptors (Lipinski definition) is 6. The zero-order valence-corrected chi connectivity index (χ0v) is 15.3. The van der Waals surface area contributed by atoms with Crippen molar-refractivity contribution in [3.63, 3.8) is 0 Å². The second-order valence-electron chi connectivity index (χ2n) is 7.26. The van der Waals surface area contributed by atoms with Gasteiger partial charge in [0, 0.05) is 32.4 Å². The number of amides is 5. The molecule has 0 aromatic heterocycles. The molecule has 28 heavy (non-hydrogen) atoms. The summed E-state index contributed by atoms with van der Waals surface area (Å²) < 4.78 is 5.72. The summed E-state index contributed by atoms with van der Waals surface area (Å²) in [6.07, 6.45) is 0.199. The first-order valence-corrected chi connectivity index (χ1v) is 9.09. The summed E-state index contributed by atoms with van der Waals surface area (Å²) in [4.78, 5) is 62.6. The summed E-state index contributed by atoms with van der Waals surface area (Å²) in [6, 6.07) is 3.64. The van der Waals surface area contributed by atoms with Gasteiger partial charge in [0.1, 0.15) is 11.8 Å². The van der Waals surface area contributed by atoms with Crippen molar-refractivity contribution in [1.82, 2.24) is 15.1 Å². The zero-order chi connectivity index (χ0) is 20.0. The average Bonchev–Trinajstić information content (AvgIpc) is 2.84. The molecule has 0 spiro atoms. The van der Waals surface area contributed by atoms with Crippen molar-refractivity contribution < 1.29 is 28.7 Å². The van der Waals surface area contributed by atoms with Crippen molar-refractivity contribution in [3.8, 4) is 5.75 Å². The molecule has 3 aliphatic rings. The van der Waals surface area contributed by atoms with Crippen LogP contribution in [-0.2, 0) is 14.4 Å². The summed E-state index contributed by atoms with van der Waals surface area (Å²) in [7, 11) is 0. The van der Waals surface area contributed by atoms with Crippen LogP contribution < -0.4 is 10.1 Å². The summed E-state index contributed by atoms with van der Waals surface area (Å²) in [6.45, 7) is 3.21. The highest BCUT2D eigenvalue weighted by Crippen LogP contribution is 2.30. The van der Waals surface area contributed by atoms with E-state index in [1.54, 1.807) is 11.0 Å². The van der Waals surface area contributed by atoms with E-state index in [-0.39, 0.29) is 35.8 Å². The maximum atomic E-state index is 12.7. The number of imide groups is 2. The van der Waals surface area contributed by atoms with Crippen molar-refractivity contribution in [2.75, 3.05) is 19.7 Å². The Labute approximate surface area is 160 Å². The molecule has 1 aromatic rings. The fraction of sp³-hybridized carbons (Fsp3) is 0.421. The molecule has 1 N–H and O–H groups in total. The third-order valence-corrected chi connectivity index (χ3v) is 5.30. The molecule has 4 rings (SSSR count). The van der Waals surface area contributed by atoms with Crippen LogP contribution in [0.1, 0.15) is 40.5 Å². The van der Waals surface area contributed by atoms with E-state index in [2.05, 4.69) is 5.32 Å². The van der Waals surface area contributed by atoms with Gasteiger partial charge in [0.25, 0.3) is 11.8 Å². The maximum Gasteiger partial charge on any atom is 0.262 e. The predicted molar refractivity (Wildman–Crippen MR) is 94.4 cm³/mol. The molecule has 0 radical (unpaired) electrons. The topological polar surface area (TPSA) is 113 Å². The Bertz CT molecular complexity index is 905. The van der Waals surface area contributed by atoms with Gasteiger partial charge in [0.05, 0.1) is 17.7 Å². The molecule has 0 aliphatic carbocycles. The minimum absolute atomic E-state index is 0.0337. The van der Waals surface area contributed by atoms with E-state index in [1.807, 2.05) is 0 Å². The maximum absolute atomic E-state index is 12.7. The van der Waals surface area contributed by atoms with Gasteiger partial charge in [-0.25, -0.2) is 0 Å². The number of likely N-dealkylation sites (tertiary alicyclic amines) is 1. The molecule has 9 heteroatoms. The SMILES string of the molecule is CC(=O)N1CC(COc2ccc3c(c2)C(=O)N(C2CCC(=O)NC2=O)C3=O)C1. The number of rotatable bonds is 4. The van der Waals surface area contributed by atoms with Gasteiger partial charge in [-0.1, -0.05) is 0 Å². The zero-order valence-electron chi connectivity index (χ0n) is 15.3. The molecule has 5 amide bonds. The van der Waals surface area contributed by atoms with Crippen LogP contribution in [0.3, 0.4) is 0 Å². The van der Waals surface area contributed by atoms with E-state index >= 15 is 0 Å². The van der Waals surface area contributed by atoms with E-state index in [9.17, 15) is 24.0 Å². The van der Waals surface area contributed by atoms with Gasteiger partial charge >= 0.3 is 0 Å². The lowest BCUT2D eigenvalue weighted by atomic mass is 10.0. The standard InChI is InChI=1S/C19H19N3O6/c1-10(23)21-7-11(8-21)9-28-12-2-3-13-14(6-12)19(27)22(18(13)26)15-4-5-16(24)20-17(15)25/h2-3,6,11,15H,4-5,7-9H2,1H3,(H,20,24,25). The number of ether oxygens (including phenoxy) is 1. The first-order chi connectivity index (χ1) is 13.3. The number of fused-ring (bicyclic) bond motifs is 1. The van der Waals surface area contributed by atoms with Crippen LogP contribution in [0.25, 0.3) is 0 Å². The number of piperidine rings is 1. The fourth-order valence-corrected chi connectivity index (χ4v) is 3.69. The van der Waals surface area contributed by atoms with Gasteiger partial charge in [-0.3, -0.25) is 34.2 Å². The van der Waals surface area contributed by atoms with Gasteiger partial charge in [0.15, 0.2) is 0 Å². The number of hydrogen-bond donors (Lipinski definition) is 1. The van der Waals surface area contributed by atoms with Gasteiger partial charge in [-0.2, -0.15) is 0 Å². The Hall–Kier alpha value is -3.23. The lowest BCUT2D eigenvalue weighted by Gasteiger charge is -2.38. The monoisotopic (exact) mass is 385 g/mol. The third kappa shape index (κ3) is 3.02. The summed E-state index contributed by atoms with van der Waals surface area (Å²) in [5.41, 5.74) is 0.402. The van der Waals surface area contributed by atoms with E-state index < -0.39 is 29.7 Å². The van der Waals surface area contributed by atoms with Crippen LogP contribution in [0.4, 0.5) is 0 Å². The lowest BCUT2D eigenvalue weighted by molar-refractivity contribution is -0.137. The fourth-order valence-electron chi connectivity index (χ4n) is 3.69. The molecule has 3 aliphatic heterocycles. The van der Waals surface area contributed by atoms with Crippen LogP contribution in [0.15, 0.2) is 18.2 Å². The first kappa shape index (κ1) is 18.1. The quantitative estimate of drug-likeness (QED) is 0.727. The van der Waals surface area contributed by atoms with Crippen molar-refractivity contribution in [3.05, 3.63) is 29.3 Å². The molecular weight excluding hydrogens is 366 g/mol. The highest BCUT2D eigenvalue weighted by Gasteiger charge is 2.44. The molecule has 0 bridgehead atoms.